The monoisotopic (exact) mass is 402 g/mol. The molecule has 0 spiro atoms. The predicted molar refractivity (Wildman–Crippen MR) is 94.7 cm³/mol. The van der Waals surface area contributed by atoms with Crippen molar-refractivity contribution in [2.45, 2.75) is 40.7 Å². The fourth-order valence-corrected chi connectivity index (χ4v) is 2.34. The van der Waals surface area contributed by atoms with Gasteiger partial charge in [-0.25, -0.2) is 0 Å². The van der Waals surface area contributed by atoms with Crippen molar-refractivity contribution in [2.75, 3.05) is 4.43 Å². The molecule has 0 fully saturated rings. The molecule has 0 saturated carbocycles. The number of oxime groups is 1. The van der Waals surface area contributed by atoms with E-state index in [2.05, 4.69) is 41.6 Å². The minimum Gasteiger partial charge on any atom is -0.378 e. The average Bonchev–Trinajstić information content (AvgIpc) is 2.37. The van der Waals surface area contributed by atoms with Gasteiger partial charge in [0.05, 0.1) is 5.71 Å². The molecule has 0 aromatic heterocycles. The Labute approximate surface area is 140 Å². The van der Waals surface area contributed by atoms with Gasteiger partial charge in [-0.05, 0) is 20.8 Å². The van der Waals surface area contributed by atoms with E-state index in [1.807, 2.05) is 39.0 Å². The van der Waals surface area contributed by atoms with Crippen molar-refractivity contribution in [1.82, 2.24) is 0 Å². The molecule has 1 amide bonds. The fourth-order valence-electron chi connectivity index (χ4n) is 1.79. The highest BCUT2D eigenvalue weighted by molar-refractivity contribution is 14.1. The molecule has 116 valence electrons. The minimum atomic E-state index is -0.858. The summed E-state index contributed by atoms with van der Waals surface area (Å²) in [4.78, 5) is 17.1. The van der Waals surface area contributed by atoms with E-state index in [0.29, 0.717) is 0 Å². The molecule has 0 bridgehead atoms. The zero-order valence-electron chi connectivity index (χ0n) is 13.2. The molecule has 1 aromatic rings. The molecule has 21 heavy (non-hydrogen) atoms. The van der Waals surface area contributed by atoms with Crippen molar-refractivity contribution in [3.63, 3.8) is 0 Å². The molecule has 4 nitrogen and oxygen atoms in total. The topological polar surface area (TPSA) is 64.7 Å². The Morgan fingerprint density at radius 3 is 2.29 bits per heavy atom. The Balaban J connectivity index is 3.04. The van der Waals surface area contributed by atoms with Crippen LogP contribution in [0.3, 0.4) is 0 Å². The van der Waals surface area contributed by atoms with E-state index in [0.717, 1.165) is 26.8 Å². The quantitative estimate of drug-likeness (QED) is 0.342. The molecule has 0 radical (unpaired) electrons. The number of hydrogen-bond donors (Lipinski definition) is 1. The lowest BCUT2D eigenvalue weighted by molar-refractivity contribution is -0.129. The van der Waals surface area contributed by atoms with E-state index in [9.17, 15) is 4.79 Å². The number of rotatable bonds is 6. The second kappa shape index (κ2) is 7.24. The van der Waals surface area contributed by atoms with Crippen LogP contribution in [0.5, 0.6) is 0 Å². The Kier molecular flexibility index (Phi) is 6.19. The third kappa shape index (κ3) is 4.98. The first-order valence-electron chi connectivity index (χ1n) is 6.81. The number of nitrogens with two attached hydrogens (primary N) is 1. The molecule has 0 saturated heterocycles. The highest BCUT2D eigenvalue weighted by Gasteiger charge is 2.24. The van der Waals surface area contributed by atoms with Crippen molar-refractivity contribution >= 4 is 34.2 Å². The lowest BCUT2D eigenvalue weighted by atomic mass is 9.91. The summed E-state index contributed by atoms with van der Waals surface area (Å²) in [6.07, 6.45) is -0.858. The van der Waals surface area contributed by atoms with Gasteiger partial charge in [0, 0.05) is 15.4 Å². The molecule has 0 aliphatic rings. The van der Waals surface area contributed by atoms with Crippen LogP contribution >= 0.6 is 22.6 Å². The summed E-state index contributed by atoms with van der Waals surface area (Å²) in [6, 6.07) is 5.84. The lowest BCUT2D eigenvalue weighted by Crippen LogP contribution is -2.26. The van der Waals surface area contributed by atoms with Crippen molar-refractivity contribution in [2.24, 2.45) is 16.3 Å². The molecule has 0 aliphatic carbocycles. The molecule has 1 aromatic carbocycles. The Hall–Kier alpha value is -1.11. The lowest BCUT2D eigenvalue weighted by Gasteiger charge is -2.22. The van der Waals surface area contributed by atoms with Gasteiger partial charge in [-0.15, -0.1) is 0 Å². The normalized spacial score (nSPS) is 13.9. The van der Waals surface area contributed by atoms with Crippen molar-refractivity contribution in [3.05, 3.63) is 34.9 Å². The second-order valence-corrected chi connectivity index (χ2v) is 6.77. The summed E-state index contributed by atoms with van der Waals surface area (Å²) in [6.45, 7) is 10.0. The number of halogens is 1. The number of carbonyl (C=O) groups excluding carboxylic acids is 1. The van der Waals surface area contributed by atoms with E-state index < -0.39 is 12.0 Å². The summed E-state index contributed by atoms with van der Waals surface area (Å²) in [5.41, 5.74) is 9.09. The van der Waals surface area contributed by atoms with Gasteiger partial charge in [0.2, 0.25) is 6.10 Å². The number of alkyl halides is 1. The maximum atomic E-state index is 11.7. The zero-order valence-corrected chi connectivity index (χ0v) is 15.4. The SMILES string of the molecule is CC(=NOC(C(N)=O)c1cc(C)cc(C)c1)C(C)(C)CI. The molecule has 2 N–H and O–H groups in total. The van der Waals surface area contributed by atoms with Crippen LogP contribution in [0.1, 0.15) is 43.6 Å². The van der Waals surface area contributed by atoms with Crippen LogP contribution in [-0.4, -0.2) is 16.0 Å². The van der Waals surface area contributed by atoms with Crippen LogP contribution in [0.15, 0.2) is 23.4 Å². The fraction of sp³-hybridized carbons (Fsp3) is 0.500. The molecular formula is C16H23IN2O2. The Bertz CT molecular complexity index is 533. The highest BCUT2D eigenvalue weighted by Crippen LogP contribution is 2.24. The van der Waals surface area contributed by atoms with Crippen LogP contribution in [0, 0.1) is 19.3 Å². The summed E-state index contributed by atoms with van der Waals surface area (Å²) in [7, 11) is 0. The average molecular weight is 402 g/mol. The van der Waals surface area contributed by atoms with Gasteiger partial charge in [-0.3, -0.25) is 4.79 Å². The number of primary amides is 1. The van der Waals surface area contributed by atoms with Gasteiger partial charge in [-0.1, -0.05) is 70.9 Å². The Morgan fingerprint density at radius 1 is 1.33 bits per heavy atom. The van der Waals surface area contributed by atoms with Crippen LogP contribution < -0.4 is 5.73 Å². The first-order chi connectivity index (χ1) is 9.67. The number of nitrogens with zero attached hydrogens (tertiary/aromatic N) is 1. The number of benzene rings is 1. The van der Waals surface area contributed by atoms with Gasteiger partial charge in [0.1, 0.15) is 0 Å². The van der Waals surface area contributed by atoms with Crippen LogP contribution in [-0.2, 0) is 9.63 Å². The minimum absolute atomic E-state index is 0.0781. The van der Waals surface area contributed by atoms with E-state index in [4.69, 9.17) is 10.6 Å². The zero-order chi connectivity index (χ0) is 16.2. The standard InChI is InChI=1S/C16H23IN2O2/c1-10-6-11(2)8-13(7-10)14(15(18)20)21-19-12(3)16(4,5)9-17/h6-8,14H,9H2,1-5H3,(H2,18,20). The molecule has 5 heteroatoms. The summed E-state index contributed by atoms with van der Waals surface area (Å²) < 4.78 is 0.911. The van der Waals surface area contributed by atoms with Gasteiger partial charge in [0.15, 0.2) is 0 Å². The number of aryl methyl sites for hydroxylation is 2. The maximum absolute atomic E-state index is 11.7. The first-order valence-corrected chi connectivity index (χ1v) is 8.34. The summed E-state index contributed by atoms with van der Waals surface area (Å²) in [5.74, 6) is -0.538. The molecule has 0 heterocycles. The maximum Gasteiger partial charge on any atom is 0.266 e. The smallest absolute Gasteiger partial charge is 0.266 e. The third-order valence-electron chi connectivity index (χ3n) is 3.41. The third-order valence-corrected chi connectivity index (χ3v) is 5.32. The van der Waals surface area contributed by atoms with Gasteiger partial charge < -0.3 is 10.6 Å². The van der Waals surface area contributed by atoms with Gasteiger partial charge in [0.25, 0.3) is 5.91 Å². The van der Waals surface area contributed by atoms with Crippen molar-refractivity contribution < 1.29 is 9.63 Å². The van der Waals surface area contributed by atoms with Crippen molar-refractivity contribution in [1.29, 1.82) is 0 Å². The molecule has 1 unspecified atom stereocenters. The van der Waals surface area contributed by atoms with E-state index in [-0.39, 0.29) is 5.41 Å². The van der Waals surface area contributed by atoms with Crippen LogP contribution in [0.25, 0.3) is 0 Å². The summed E-state index contributed by atoms with van der Waals surface area (Å²) >= 11 is 2.31. The van der Waals surface area contributed by atoms with E-state index in [1.165, 1.54) is 0 Å². The van der Waals surface area contributed by atoms with Crippen molar-refractivity contribution in [3.8, 4) is 0 Å². The molecule has 1 atom stereocenters. The van der Waals surface area contributed by atoms with E-state index >= 15 is 0 Å². The molecule has 1 rings (SSSR count). The van der Waals surface area contributed by atoms with Gasteiger partial charge >= 0.3 is 0 Å². The van der Waals surface area contributed by atoms with Gasteiger partial charge in [-0.2, -0.15) is 0 Å². The Morgan fingerprint density at radius 2 is 1.86 bits per heavy atom. The second-order valence-electron chi connectivity index (χ2n) is 6.00. The largest absolute Gasteiger partial charge is 0.378 e. The number of hydrogen-bond acceptors (Lipinski definition) is 3. The molecular weight excluding hydrogens is 379 g/mol. The summed E-state index contributed by atoms with van der Waals surface area (Å²) in [5, 5.41) is 4.13. The highest BCUT2D eigenvalue weighted by atomic mass is 127. The van der Waals surface area contributed by atoms with E-state index in [1.54, 1.807) is 0 Å². The van der Waals surface area contributed by atoms with Crippen LogP contribution in [0.4, 0.5) is 0 Å². The first kappa shape index (κ1) is 17.9. The molecule has 0 aliphatic heterocycles. The number of carbonyl (C=O) groups is 1. The number of amides is 1. The van der Waals surface area contributed by atoms with Crippen LogP contribution in [0.2, 0.25) is 0 Å². The predicted octanol–water partition coefficient (Wildman–Crippen LogP) is 3.68.